The second kappa shape index (κ2) is 8.70. The number of hydrogen-bond donors (Lipinski definition) is 3. The van der Waals surface area contributed by atoms with Crippen molar-refractivity contribution in [1.29, 1.82) is 0 Å². The molecule has 3 N–H and O–H groups in total. The summed E-state index contributed by atoms with van der Waals surface area (Å²) in [6.07, 6.45) is 4.05. The zero-order valence-corrected chi connectivity index (χ0v) is 21.0. The quantitative estimate of drug-likeness (QED) is 0.383. The van der Waals surface area contributed by atoms with Crippen LogP contribution in [0.15, 0.2) is 36.0 Å². The van der Waals surface area contributed by atoms with E-state index in [1.807, 2.05) is 19.9 Å². The number of rotatable bonds is 2. The van der Waals surface area contributed by atoms with Crippen molar-refractivity contribution in [2.75, 3.05) is 0 Å². The number of phenols is 1. The Bertz CT molecular complexity index is 1110. The second-order valence-electron chi connectivity index (χ2n) is 9.72. The maximum atomic E-state index is 12.0. The molecule has 4 rings (SSSR count). The molecule has 32 heavy (non-hydrogen) atoms. The van der Waals surface area contributed by atoms with E-state index in [0.29, 0.717) is 10.8 Å². The SMILES string of the molecule is CC.Cc1cc2c(cc1-c1cc(/C=C3\NC(=S)NC3=O)ccc1O)C(C)(C)CCC2(C)C. The summed E-state index contributed by atoms with van der Waals surface area (Å²) >= 11 is 5.00. The Balaban J connectivity index is 0.00000141. The highest BCUT2D eigenvalue weighted by Crippen LogP contribution is 2.48. The molecule has 0 radical (unpaired) electrons. The fourth-order valence-electron chi connectivity index (χ4n) is 4.52. The third-order valence-electron chi connectivity index (χ3n) is 6.54. The molecule has 0 saturated carbocycles. The summed E-state index contributed by atoms with van der Waals surface area (Å²) in [6.45, 7) is 15.3. The Hall–Kier alpha value is -2.66. The summed E-state index contributed by atoms with van der Waals surface area (Å²) in [5.74, 6) is -0.0176. The zero-order chi connectivity index (χ0) is 23.8. The predicted octanol–water partition coefficient (Wildman–Crippen LogP) is 6.09. The Morgan fingerprint density at radius 3 is 2.09 bits per heavy atom. The molecule has 1 saturated heterocycles. The lowest BCUT2D eigenvalue weighted by Crippen LogP contribution is -2.34. The fraction of sp³-hybridized carbons (Fsp3) is 0.407. The van der Waals surface area contributed by atoms with E-state index in [0.717, 1.165) is 35.1 Å². The molecule has 1 aliphatic heterocycles. The minimum Gasteiger partial charge on any atom is -0.507 e. The molecular formula is C27H34N2O2S. The van der Waals surface area contributed by atoms with Gasteiger partial charge in [0.1, 0.15) is 11.4 Å². The molecular weight excluding hydrogens is 416 g/mol. The fourth-order valence-corrected chi connectivity index (χ4v) is 4.72. The largest absolute Gasteiger partial charge is 0.507 e. The van der Waals surface area contributed by atoms with Gasteiger partial charge in [-0.15, -0.1) is 0 Å². The number of aryl methyl sites for hydroxylation is 1. The molecule has 1 fully saturated rings. The molecule has 0 aromatic heterocycles. The van der Waals surface area contributed by atoms with E-state index in [-0.39, 0.29) is 22.5 Å². The molecule has 2 aromatic rings. The van der Waals surface area contributed by atoms with Crippen molar-refractivity contribution in [3.8, 4) is 16.9 Å². The number of hydrogen-bond acceptors (Lipinski definition) is 3. The number of benzene rings is 2. The number of fused-ring (bicyclic) bond motifs is 1. The first-order valence-electron chi connectivity index (χ1n) is 11.3. The van der Waals surface area contributed by atoms with Gasteiger partial charge >= 0.3 is 0 Å². The highest BCUT2D eigenvalue weighted by atomic mass is 32.1. The van der Waals surface area contributed by atoms with Crippen molar-refractivity contribution in [3.05, 3.63) is 58.3 Å². The van der Waals surface area contributed by atoms with Crippen LogP contribution in [0.1, 0.15) is 76.6 Å². The van der Waals surface area contributed by atoms with Crippen molar-refractivity contribution in [1.82, 2.24) is 10.6 Å². The summed E-state index contributed by atoms with van der Waals surface area (Å²) in [6, 6.07) is 9.95. The first-order chi connectivity index (χ1) is 15.0. The number of amides is 1. The van der Waals surface area contributed by atoms with Gasteiger partial charge in [-0.25, -0.2) is 0 Å². The number of carbonyl (C=O) groups excluding carboxylic acids is 1. The van der Waals surface area contributed by atoms with E-state index in [1.165, 1.54) is 11.1 Å². The summed E-state index contributed by atoms with van der Waals surface area (Å²) in [5.41, 5.74) is 7.14. The summed E-state index contributed by atoms with van der Waals surface area (Å²) in [4.78, 5) is 12.0. The number of carbonyl (C=O) groups is 1. The molecule has 0 spiro atoms. The molecule has 1 amide bonds. The average Bonchev–Trinajstić information content (AvgIpc) is 3.05. The first kappa shape index (κ1) is 24.0. The number of phenolic OH excluding ortho intramolecular Hbond substituents is 1. The summed E-state index contributed by atoms with van der Waals surface area (Å²) in [7, 11) is 0. The van der Waals surface area contributed by atoms with Crippen LogP contribution in [0.4, 0.5) is 0 Å². The van der Waals surface area contributed by atoms with Crippen LogP contribution in [0.25, 0.3) is 17.2 Å². The van der Waals surface area contributed by atoms with E-state index in [1.54, 1.807) is 18.2 Å². The molecule has 1 aliphatic carbocycles. The van der Waals surface area contributed by atoms with Crippen LogP contribution >= 0.6 is 12.2 Å². The minimum absolute atomic E-state index is 0.0874. The lowest BCUT2D eigenvalue weighted by Gasteiger charge is -2.42. The van der Waals surface area contributed by atoms with Crippen molar-refractivity contribution < 1.29 is 9.90 Å². The first-order valence-corrected chi connectivity index (χ1v) is 11.7. The maximum Gasteiger partial charge on any atom is 0.273 e. The van der Waals surface area contributed by atoms with Gasteiger partial charge in [-0.1, -0.05) is 53.7 Å². The van der Waals surface area contributed by atoms with Gasteiger partial charge in [-0.05, 0) is 94.9 Å². The number of aromatic hydroxyl groups is 1. The van der Waals surface area contributed by atoms with Gasteiger partial charge in [0.25, 0.3) is 5.91 Å². The smallest absolute Gasteiger partial charge is 0.273 e. The molecule has 0 atom stereocenters. The van der Waals surface area contributed by atoms with Crippen LogP contribution in [-0.2, 0) is 15.6 Å². The number of thiocarbonyl (C=S) groups is 1. The van der Waals surface area contributed by atoms with E-state index >= 15 is 0 Å². The third kappa shape index (κ3) is 4.44. The molecule has 1 heterocycles. The predicted molar refractivity (Wildman–Crippen MR) is 137 cm³/mol. The standard InChI is InChI=1S/C25H28N2O2S.C2H6/c1-14-10-18-19(25(4,5)9-8-24(18,2)3)13-16(14)17-11-15(6-7-21(17)28)12-20-22(29)27-23(30)26-20;1-2/h6-7,10-13,28H,8-9H2,1-5H3,(H2,26,27,29,30);1-2H3/b20-12-;. The zero-order valence-electron chi connectivity index (χ0n) is 20.1. The third-order valence-corrected chi connectivity index (χ3v) is 6.74. The van der Waals surface area contributed by atoms with Gasteiger partial charge in [0.2, 0.25) is 0 Å². The number of nitrogens with one attached hydrogen (secondary N) is 2. The van der Waals surface area contributed by atoms with Crippen LogP contribution < -0.4 is 10.6 Å². The van der Waals surface area contributed by atoms with Gasteiger partial charge < -0.3 is 10.4 Å². The van der Waals surface area contributed by atoms with Crippen LogP contribution in [0.2, 0.25) is 0 Å². The van der Waals surface area contributed by atoms with Crippen molar-refractivity contribution in [2.45, 2.75) is 72.1 Å². The Labute approximate surface area is 197 Å². The van der Waals surface area contributed by atoms with Gasteiger partial charge in [0.05, 0.1) is 0 Å². The summed E-state index contributed by atoms with van der Waals surface area (Å²) < 4.78 is 0. The highest BCUT2D eigenvalue weighted by molar-refractivity contribution is 7.80. The van der Waals surface area contributed by atoms with E-state index in [4.69, 9.17) is 12.2 Å². The van der Waals surface area contributed by atoms with Crippen LogP contribution in [0.3, 0.4) is 0 Å². The molecule has 170 valence electrons. The van der Waals surface area contributed by atoms with Crippen molar-refractivity contribution in [2.24, 2.45) is 0 Å². The summed E-state index contributed by atoms with van der Waals surface area (Å²) in [5, 5.41) is 16.4. The second-order valence-corrected chi connectivity index (χ2v) is 10.1. The molecule has 2 aromatic carbocycles. The van der Waals surface area contributed by atoms with Crippen LogP contribution in [-0.4, -0.2) is 16.1 Å². The molecule has 0 unspecified atom stereocenters. The Kier molecular flexibility index (Phi) is 6.52. The normalized spacial score (nSPS) is 19.5. The molecule has 0 bridgehead atoms. The van der Waals surface area contributed by atoms with Crippen molar-refractivity contribution >= 4 is 29.3 Å². The topological polar surface area (TPSA) is 61.4 Å². The van der Waals surface area contributed by atoms with Gasteiger partial charge in [0, 0.05) is 5.56 Å². The molecule has 5 heteroatoms. The maximum absolute atomic E-state index is 12.0. The van der Waals surface area contributed by atoms with Crippen LogP contribution in [0, 0.1) is 6.92 Å². The van der Waals surface area contributed by atoms with E-state index in [9.17, 15) is 9.90 Å². The Morgan fingerprint density at radius 2 is 1.53 bits per heavy atom. The molecule has 2 aliphatic rings. The highest BCUT2D eigenvalue weighted by Gasteiger charge is 2.37. The van der Waals surface area contributed by atoms with Crippen LogP contribution in [0.5, 0.6) is 5.75 Å². The average molecular weight is 451 g/mol. The van der Waals surface area contributed by atoms with Gasteiger partial charge in [-0.2, -0.15) is 0 Å². The monoisotopic (exact) mass is 450 g/mol. The molecule has 4 nitrogen and oxygen atoms in total. The van der Waals surface area contributed by atoms with E-state index in [2.05, 4.69) is 57.4 Å². The van der Waals surface area contributed by atoms with Gasteiger partial charge in [0.15, 0.2) is 5.11 Å². The van der Waals surface area contributed by atoms with E-state index < -0.39 is 0 Å². The van der Waals surface area contributed by atoms with Gasteiger partial charge in [-0.3, -0.25) is 10.1 Å². The minimum atomic E-state index is -0.247. The lowest BCUT2D eigenvalue weighted by atomic mass is 9.62. The van der Waals surface area contributed by atoms with Crippen molar-refractivity contribution in [3.63, 3.8) is 0 Å². The lowest BCUT2D eigenvalue weighted by molar-refractivity contribution is -0.115. The Morgan fingerprint density at radius 1 is 0.938 bits per heavy atom.